The standard InChI is InChI=1S/C24H24F2N4O2/c1-4-18(16-9-7-14(2)8-10-16)27-21(31)13-30-24-22(15(3)29-30)17(23(25)26)12-19(28-24)20-6-5-11-32-20/h5-12,18,23H,4,13H2,1-3H3,(H,27,31). The molecule has 1 N–H and O–H groups in total. The lowest BCUT2D eigenvalue weighted by atomic mass is 10.0. The fourth-order valence-electron chi connectivity index (χ4n) is 3.82. The summed E-state index contributed by atoms with van der Waals surface area (Å²) in [5.74, 6) is 0.0969. The summed E-state index contributed by atoms with van der Waals surface area (Å²) in [6, 6.07) is 12.4. The molecule has 166 valence electrons. The molecule has 4 rings (SSSR count). The Kier molecular flexibility index (Phi) is 6.03. The van der Waals surface area contributed by atoms with Crippen molar-refractivity contribution in [3.8, 4) is 11.5 Å². The molecular formula is C24H24F2N4O2. The number of nitrogens with one attached hydrogen (secondary N) is 1. The number of carbonyl (C=O) groups is 1. The minimum atomic E-state index is -2.72. The first-order chi connectivity index (χ1) is 15.4. The summed E-state index contributed by atoms with van der Waals surface area (Å²) >= 11 is 0. The maximum Gasteiger partial charge on any atom is 0.264 e. The number of fused-ring (bicyclic) bond motifs is 1. The number of aryl methyl sites for hydroxylation is 2. The van der Waals surface area contributed by atoms with Gasteiger partial charge in [-0.1, -0.05) is 36.8 Å². The highest BCUT2D eigenvalue weighted by molar-refractivity contribution is 5.86. The van der Waals surface area contributed by atoms with E-state index in [2.05, 4.69) is 15.4 Å². The number of furan rings is 1. The van der Waals surface area contributed by atoms with E-state index in [4.69, 9.17) is 4.42 Å². The molecule has 0 saturated heterocycles. The van der Waals surface area contributed by atoms with Crippen LogP contribution in [0.15, 0.2) is 53.1 Å². The van der Waals surface area contributed by atoms with Crippen LogP contribution in [0.3, 0.4) is 0 Å². The van der Waals surface area contributed by atoms with E-state index in [-0.39, 0.29) is 40.8 Å². The molecule has 0 aliphatic heterocycles. The molecule has 3 heterocycles. The molecule has 32 heavy (non-hydrogen) atoms. The second-order valence-corrected chi connectivity index (χ2v) is 7.76. The van der Waals surface area contributed by atoms with Crippen LogP contribution in [-0.4, -0.2) is 20.7 Å². The van der Waals surface area contributed by atoms with E-state index in [0.717, 1.165) is 11.1 Å². The maximum absolute atomic E-state index is 13.8. The van der Waals surface area contributed by atoms with Crippen LogP contribution in [0.1, 0.15) is 48.2 Å². The molecule has 1 amide bonds. The number of pyridine rings is 1. The summed E-state index contributed by atoms with van der Waals surface area (Å²) in [6.45, 7) is 5.50. The predicted octanol–water partition coefficient (Wildman–Crippen LogP) is 5.51. The van der Waals surface area contributed by atoms with E-state index in [1.165, 1.54) is 17.0 Å². The van der Waals surface area contributed by atoms with Crippen molar-refractivity contribution in [2.45, 2.75) is 46.2 Å². The van der Waals surface area contributed by atoms with Gasteiger partial charge in [0.15, 0.2) is 11.4 Å². The predicted molar refractivity (Wildman–Crippen MR) is 117 cm³/mol. The first-order valence-corrected chi connectivity index (χ1v) is 10.4. The first-order valence-electron chi connectivity index (χ1n) is 10.4. The van der Waals surface area contributed by atoms with Crippen molar-refractivity contribution in [1.29, 1.82) is 0 Å². The molecule has 0 radical (unpaired) electrons. The first kappa shape index (κ1) is 21.7. The number of halogens is 2. The number of alkyl halides is 2. The van der Waals surface area contributed by atoms with Crippen molar-refractivity contribution in [3.05, 3.63) is 71.1 Å². The van der Waals surface area contributed by atoms with Crippen LogP contribution in [0, 0.1) is 13.8 Å². The van der Waals surface area contributed by atoms with Crippen molar-refractivity contribution < 1.29 is 18.0 Å². The fourth-order valence-corrected chi connectivity index (χ4v) is 3.82. The SMILES string of the molecule is CCC(NC(=O)Cn1nc(C)c2c(C(F)F)cc(-c3ccco3)nc21)c1ccc(C)cc1. The minimum Gasteiger partial charge on any atom is -0.463 e. The number of hydrogen-bond donors (Lipinski definition) is 1. The highest BCUT2D eigenvalue weighted by Gasteiger charge is 2.23. The molecule has 0 fully saturated rings. The molecule has 0 bridgehead atoms. The summed E-state index contributed by atoms with van der Waals surface area (Å²) in [6.07, 6.45) is -0.551. The van der Waals surface area contributed by atoms with E-state index >= 15 is 0 Å². The topological polar surface area (TPSA) is 73.0 Å². The summed E-state index contributed by atoms with van der Waals surface area (Å²) in [7, 11) is 0. The zero-order valence-corrected chi connectivity index (χ0v) is 18.1. The number of nitrogens with zero attached hydrogens (tertiary/aromatic N) is 3. The molecule has 6 nitrogen and oxygen atoms in total. The number of rotatable bonds is 7. The lowest BCUT2D eigenvalue weighted by Gasteiger charge is -2.18. The van der Waals surface area contributed by atoms with E-state index < -0.39 is 6.43 Å². The largest absolute Gasteiger partial charge is 0.463 e. The Morgan fingerprint density at radius 2 is 1.94 bits per heavy atom. The van der Waals surface area contributed by atoms with Crippen LogP contribution >= 0.6 is 0 Å². The van der Waals surface area contributed by atoms with Gasteiger partial charge in [-0.25, -0.2) is 18.4 Å². The van der Waals surface area contributed by atoms with Crippen LogP contribution in [0.5, 0.6) is 0 Å². The maximum atomic E-state index is 13.8. The zero-order chi connectivity index (χ0) is 22.8. The van der Waals surface area contributed by atoms with Gasteiger partial charge < -0.3 is 9.73 Å². The van der Waals surface area contributed by atoms with E-state index in [9.17, 15) is 13.6 Å². The average molecular weight is 438 g/mol. The van der Waals surface area contributed by atoms with Gasteiger partial charge in [0.05, 0.1) is 23.4 Å². The number of aromatic nitrogens is 3. The quantitative estimate of drug-likeness (QED) is 0.413. The van der Waals surface area contributed by atoms with Crippen molar-refractivity contribution in [3.63, 3.8) is 0 Å². The Morgan fingerprint density at radius 1 is 1.19 bits per heavy atom. The highest BCUT2D eigenvalue weighted by atomic mass is 19.3. The van der Waals surface area contributed by atoms with Crippen LogP contribution in [0.4, 0.5) is 8.78 Å². The van der Waals surface area contributed by atoms with Crippen LogP contribution in [-0.2, 0) is 11.3 Å². The summed E-state index contributed by atoms with van der Waals surface area (Å²) < 4.78 is 34.4. The summed E-state index contributed by atoms with van der Waals surface area (Å²) in [4.78, 5) is 17.3. The van der Waals surface area contributed by atoms with Crippen molar-refractivity contribution in [2.75, 3.05) is 0 Å². The van der Waals surface area contributed by atoms with E-state index in [1.807, 2.05) is 38.1 Å². The molecule has 1 aromatic carbocycles. The molecule has 0 spiro atoms. The Bertz CT molecular complexity index is 1230. The molecule has 0 aliphatic carbocycles. The highest BCUT2D eigenvalue weighted by Crippen LogP contribution is 2.33. The van der Waals surface area contributed by atoms with E-state index in [1.54, 1.807) is 19.1 Å². The molecule has 1 unspecified atom stereocenters. The Labute approximate surface area is 184 Å². The van der Waals surface area contributed by atoms with Gasteiger partial charge in [0.1, 0.15) is 12.2 Å². The third-order valence-corrected chi connectivity index (χ3v) is 5.43. The molecule has 3 aromatic heterocycles. The van der Waals surface area contributed by atoms with E-state index in [0.29, 0.717) is 17.9 Å². The lowest BCUT2D eigenvalue weighted by molar-refractivity contribution is -0.122. The summed E-state index contributed by atoms with van der Waals surface area (Å²) in [5, 5.41) is 7.61. The van der Waals surface area contributed by atoms with Gasteiger partial charge in [0.2, 0.25) is 5.91 Å². The number of hydrogen-bond acceptors (Lipinski definition) is 4. The van der Waals surface area contributed by atoms with Gasteiger partial charge in [-0.3, -0.25) is 4.79 Å². The van der Waals surface area contributed by atoms with Gasteiger partial charge in [0.25, 0.3) is 6.43 Å². The average Bonchev–Trinajstić information content (AvgIpc) is 3.41. The van der Waals surface area contributed by atoms with Gasteiger partial charge in [-0.2, -0.15) is 5.10 Å². The third kappa shape index (κ3) is 4.26. The molecule has 4 aromatic rings. The zero-order valence-electron chi connectivity index (χ0n) is 18.1. The second kappa shape index (κ2) is 8.90. The molecule has 0 aliphatic rings. The smallest absolute Gasteiger partial charge is 0.264 e. The van der Waals surface area contributed by atoms with Gasteiger partial charge in [-0.15, -0.1) is 0 Å². The van der Waals surface area contributed by atoms with Crippen LogP contribution in [0.2, 0.25) is 0 Å². The number of benzene rings is 1. The molecule has 8 heteroatoms. The summed E-state index contributed by atoms with van der Waals surface area (Å²) in [5.41, 5.74) is 2.85. The Morgan fingerprint density at radius 3 is 2.56 bits per heavy atom. The van der Waals surface area contributed by atoms with Crippen molar-refractivity contribution in [2.24, 2.45) is 0 Å². The van der Waals surface area contributed by atoms with Crippen molar-refractivity contribution in [1.82, 2.24) is 20.1 Å². The lowest BCUT2D eigenvalue weighted by Crippen LogP contribution is -2.31. The van der Waals surface area contributed by atoms with Gasteiger partial charge >= 0.3 is 0 Å². The third-order valence-electron chi connectivity index (χ3n) is 5.43. The minimum absolute atomic E-state index is 0.135. The number of amides is 1. The van der Waals surface area contributed by atoms with Gasteiger partial charge in [-0.05, 0) is 44.0 Å². The van der Waals surface area contributed by atoms with Crippen LogP contribution < -0.4 is 5.32 Å². The molecule has 0 saturated carbocycles. The second-order valence-electron chi connectivity index (χ2n) is 7.76. The Balaban J connectivity index is 1.66. The van der Waals surface area contributed by atoms with Crippen LogP contribution in [0.25, 0.3) is 22.5 Å². The normalized spacial score (nSPS) is 12.4. The Hall–Kier alpha value is -3.55. The molecular weight excluding hydrogens is 414 g/mol. The monoisotopic (exact) mass is 438 g/mol. The van der Waals surface area contributed by atoms with Crippen molar-refractivity contribution >= 4 is 16.9 Å². The fraction of sp³-hybridized carbons (Fsp3) is 0.292. The molecule has 1 atom stereocenters. The van der Waals surface area contributed by atoms with Gasteiger partial charge in [0, 0.05) is 5.56 Å². The number of carbonyl (C=O) groups excluding carboxylic acids is 1.